The summed E-state index contributed by atoms with van der Waals surface area (Å²) in [5, 5.41) is 0. The van der Waals surface area contributed by atoms with Crippen LogP contribution in [0.2, 0.25) is 0 Å². The summed E-state index contributed by atoms with van der Waals surface area (Å²) >= 11 is 0. The number of hydrogen-bond acceptors (Lipinski definition) is 1. The van der Waals surface area contributed by atoms with Gasteiger partial charge in [0.1, 0.15) is 6.61 Å². The van der Waals surface area contributed by atoms with Gasteiger partial charge in [-0.2, -0.15) is 13.2 Å². The molecule has 0 heterocycles. The van der Waals surface area contributed by atoms with Gasteiger partial charge in [0.2, 0.25) is 0 Å². The van der Waals surface area contributed by atoms with Crippen molar-refractivity contribution in [1.29, 1.82) is 0 Å². The monoisotopic (exact) mass is 170 g/mol. The molecule has 0 atom stereocenters. The first-order chi connectivity index (χ1) is 4.92. The van der Waals surface area contributed by atoms with Crippen LogP contribution in [0.3, 0.4) is 0 Å². The number of rotatable bonds is 4. The number of halogens is 3. The summed E-state index contributed by atoms with van der Waals surface area (Å²) in [6.45, 7) is 2.95. The fourth-order valence-electron chi connectivity index (χ4n) is 0.507. The second-order valence-corrected chi connectivity index (χ2v) is 2.85. The summed E-state index contributed by atoms with van der Waals surface area (Å²) in [6, 6.07) is 0. The highest BCUT2D eigenvalue weighted by Crippen LogP contribution is 2.14. The standard InChI is InChI=1S/C7H13F3O/c1-6(2)3-4-11-5-7(8,9)10/h6H,3-5H2,1-2H3. The molecule has 4 heteroatoms. The predicted molar refractivity (Wildman–Crippen MR) is 36.3 cm³/mol. The molecule has 0 saturated heterocycles. The molecular weight excluding hydrogens is 157 g/mol. The Morgan fingerprint density at radius 1 is 1.27 bits per heavy atom. The van der Waals surface area contributed by atoms with Gasteiger partial charge in [0.15, 0.2) is 0 Å². The molecule has 0 fully saturated rings. The van der Waals surface area contributed by atoms with Gasteiger partial charge in [0, 0.05) is 6.61 Å². The Balaban J connectivity index is 3.15. The SMILES string of the molecule is CC(C)CCOCC(F)(F)F. The van der Waals surface area contributed by atoms with E-state index in [4.69, 9.17) is 0 Å². The van der Waals surface area contributed by atoms with Crippen LogP contribution in [0.1, 0.15) is 20.3 Å². The van der Waals surface area contributed by atoms with Gasteiger partial charge >= 0.3 is 6.18 Å². The lowest BCUT2D eigenvalue weighted by Gasteiger charge is -2.08. The van der Waals surface area contributed by atoms with Crippen LogP contribution in [-0.4, -0.2) is 19.4 Å². The van der Waals surface area contributed by atoms with E-state index in [1.165, 1.54) is 0 Å². The zero-order chi connectivity index (χ0) is 8.91. The summed E-state index contributed by atoms with van der Waals surface area (Å²) in [5.41, 5.74) is 0. The van der Waals surface area contributed by atoms with Crippen molar-refractivity contribution in [2.75, 3.05) is 13.2 Å². The maximum absolute atomic E-state index is 11.5. The zero-order valence-electron chi connectivity index (χ0n) is 6.74. The number of ether oxygens (including phenoxy) is 1. The van der Waals surface area contributed by atoms with Gasteiger partial charge in [-0.25, -0.2) is 0 Å². The highest BCUT2D eigenvalue weighted by atomic mass is 19.4. The van der Waals surface area contributed by atoms with Gasteiger partial charge in [-0.1, -0.05) is 13.8 Å². The summed E-state index contributed by atoms with van der Waals surface area (Å²) in [6.07, 6.45) is -3.51. The van der Waals surface area contributed by atoms with Crippen molar-refractivity contribution in [2.45, 2.75) is 26.4 Å². The van der Waals surface area contributed by atoms with Gasteiger partial charge in [0.05, 0.1) is 0 Å². The van der Waals surface area contributed by atoms with Crippen molar-refractivity contribution < 1.29 is 17.9 Å². The second-order valence-electron chi connectivity index (χ2n) is 2.85. The van der Waals surface area contributed by atoms with E-state index in [0.29, 0.717) is 12.3 Å². The van der Waals surface area contributed by atoms with Crippen LogP contribution in [0.5, 0.6) is 0 Å². The minimum Gasteiger partial charge on any atom is -0.372 e. The molecule has 0 spiro atoms. The molecule has 0 aromatic rings. The summed E-state index contributed by atoms with van der Waals surface area (Å²) in [4.78, 5) is 0. The van der Waals surface area contributed by atoms with Gasteiger partial charge in [-0.15, -0.1) is 0 Å². The van der Waals surface area contributed by atoms with E-state index in [1.807, 2.05) is 13.8 Å². The van der Waals surface area contributed by atoms with Crippen LogP contribution in [0, 0.1) is 5.92 Å². The average Bonchev–Trinajstić information content (AvgIpc) is 1.78. The number of alkyl halides is 3. The van der Waals surface area contributed by atoms with E-state index >= 15 is 0 Å². The maximum atomic E-state index is 11.5. The van der Waals surface area contributed by atoms with Gasteiger partial charge in [0.25, 0.3) is 0 Å². The third-order valence-corrected chi connectivity index (χ3v) is 1.11. The second kappa shape index (κ2) is 4.59. The molecule has 11 heavy (non-hydrogen) atoms. The third-order valence-electron chi connectivity index (χ3n) is 1.11. The smallest absolute Gasteiger partial charge is 0.372 e. The van der Waals surface area contributed by atoms with Gasteiger partial charge in [-0.05, 0) is 12.3 Å². The molecule has 68 valence electrons. The molecule has 0 saturated carbocycles. The number of hydrogen-bond donors (Lipinski definition) is 0. The quantitative estimate of drug-likeness (QED) is 0.589. The molecule has 0 aliphatic rings. The van der Waals surface area contributed by atoms with Crippen molar-refractivity contribution >= 4 is 0 Å². The molecule has 0 N–H and O–H groups in total. The lowest BCUT2D eigenvalue weighted by molar-refractivity contribution is -0.174. The van der Waals surface area contributed by atoms with Crippen LogP contribution in [0.15, 0.2) is 0 Å². The molecule has 0 aliphatic carbocycles. The predicted octanol–water partition coefficient (Wildman–Crippen LogP) is 2.61. The van der Waals surface area contributed by atoms with E-state index in [9.17, 15) is 13.2 Å². The summed E-state index contributed by atoms with van der Waals surface area (Å²) in [5.74, 6) is 0.392. The van der Waals surface area contributed by atoms with E-state index in [1.54, 1.807) is 0 Å². The highest BCUT2D eigenvalue weighted by molar-refractivity contribution is 4.47. The van der Waals surface area contributed by atoms with Gasteiger partial charge in [-0.3, -0.25) is 0 Å². The Hall–Kier alpha value is -0.250. The minimum absolute atomic E-state index is 0.192. The first-order valence-corrected chi connectivity index (χ1v) is 3.56. The van der Waals surface area contributed by atoms with Crippen LogP contribution >= 0.6 is 0 Å². The lowest BCUT2D eigenvalue weighted by atomic mass is 10.1. The third kappa shape index (κ3) is 9.75. The maximum Gasteiger partial charge on any atom is 0.411 e. The molecule has 0 aliphatic heterocycles. The molecular formula is C7H13F3O. The molecule has 0 bridgehead atoms. The topological polar surface area (TPSA) is 9.23 Å². The molecule has 0 rings (SSSR count). The summed E-state index contributed by atoms with van der Waals surface area (Å²) < 4.78 is 38.7. The molecule has 0 aromatic carbocycles. The Morgan fingerprint density at radius 3 is 2.18 bits per heavy atom. The molecule has 0 unspecified atom stereocenters. The van der Waals surface area contributed by atoms with Crippen molar-refractivity contribution in [3.63, 3.8) is 0 Å². The molecule has 0 radical (unpaired) electrons. The van der Waals surface area contributed by atoms with Crippen LogP contribution in [0.25, 0.3) is 0 Å². The molecule has 0 amide bonds. The van der Waals surface area contributed by atoms with Crippen molar-refractivity contribution in [3.05, 3.63) is 0 Å². The van der Waals surface area contributed by atoms with Crippen LogP contribution in [-0.2, 0) is 4.74 Å². The average molecular weight is 170 g/mol. The highest BCUT2D eigenvalue weighted by Gasteiger charge is 2.27. The van der Waals surface area contributed by atoms with Crippen molar-refractivity contribution in [1.82, 2.24) is 0 Å². The Bertz CT molecular complexity index is 98.3. The first kappa shape index (κ1) is 10.8. The van der Waals surface area contributed by atoms with Crippen molar-refractivity contribution in [3.8, 4) is 0 Å². The summed E-state index contributed by atoms with van der Waals surface area (Å²) in [7, 11) is 0. The van der Waals surface area contributed by atoms with Gasteiger partial charge < -0.3 is 4.74 Å². The lowest BCUT2D eigenvalue weighted by Crippen LogP contribution is -2.17. The first-order valence-electron chi connectivity index (χ1n) is 3.56. The Morgan fingerprint density at radius 2 is 1.82 bits per heavy atom. The molecule has 0 aromatic heterocycles. The van der Waals surface area contributed by atoms with Crippen molar-refractivity contribution in [2.24, 2.45) is 5.92 Å². The molecule has 1 nitrogen and oxygen atoms in total. The Kier molecular flexibility index (Phi) is 4.49. The Labute approximate surface area is 64.5 Å². The normalized spacial score (nSPS) is 12.5. The van der Waals surface area contributed by atoms with E-state index in [0.717, 1.165) is 0 Å². The minimum atomic E-state index is -4.18. The fraction of sp³-hybridized carbons (Fsp3) is 1.00. The zero-order valence-corrected chi connectivity index (χ0v) is 6.74. The van der Waals surface area contributed by atoms with E-state index in [2.05, 4.69) is 4.74 Å². The van der Waals surface area contributed by atoms with E-state index in [-0.39, 0.29) is 6.61 Å². The van der Waals surface area contributed by atoms with Crippen LogP contribution in [0.4, 0.5) is 13.2 Å². The largest absolute Gasteiger partial charge is 0.411 e. The fourth-order valence-corrected chi connectivity index (χ4v) is 0.507. The van der Waals surface area contributed by atoms with E-state index < -0.39 is 12.8 Å². The van der Waals surface area contributed by atoms with Crippen LogP contribution < -0.4 is 0 Å².